The van der Waals surface area contributed by atoms with Crippen molar-refractivity contribution in [1.29, 1.82) is 0 Å². The third-order valence-corrected chi connectivity index (χ3v) is 3.35. The predicted molar refractivity (Wildman–Crippen MR) is 74.4 cm³/mol. The van der Waals surface area contributed by atoms with Crippen LogP contribution in [0.15, 0.2) is 0 Å². The molecule has 0 radical (unpaired) electrons. The molecular weight excluding hydrogens is 214 g/mol. The highest BCUT2D eigenvalue weighted by molar-refractivity contribution is 4.52. The molecule has 0 aliphatic heterocycles. The van der Waals surface area contributed by atoms with Gasteiger partial charge in [0.15, 0.2) is 0 Å². The van der Waals surface area contributed by atoms with Crippen LogP contribution in [0.25, 0.3) is 0 Å². The summed E-state index contributed by atoms with van der Waals surface area (Å²) in [6, 6.07) is 0. The molecule has 17 heavy (non-hydrogen) atoms. The van der Waals surface area contributed by atoms with Gasteiger partial charge in [-0.05, 0) is 26.2 Å². The van der Waals surface area contributed by atoms with Crippen LogP contribution in [0.1, 0.15) is 25.7 Å². The van der Waals surface area contributed by atoms with Crippen molar-refractivity contribution in [3.05, 3.63) is 0 Å². The number of hydrogen-bond acceptors (Lipinski definition) is 4. The highest BCUT2D eigenvalue weighted by atomic mass is 15.3. The maximum Gasteiger partial charge on any atom is 0.0798 e. The molecule has 5 nitrogen and oxygen atoms in total. The zero-order chi connectivity index (χ0) is 13.0. The lowest BCUT2D eigenvalue weighted by Crippen LogP contribution is -2.52. The number of nitrogens with two attached hydrogens (primary N) is 4. The standard InChI is InChI=1S/C12H32N5/c13-5-1-9-17(10-2-6-14,11-3-7-15)12-4-8-16/h1-16H2/q+1. The van der Waals surface area contributed by atoms with Crippen LogP contribution in [0.5, 0.6) is 0 Å². The lowest BCUT2D eigenvalue weighted by molar-refractivity contribution is -0.928. The first-order chi connectivity index (χ1) is 8.24. The molecule has 0 saturated heterocycles. The molecule has 8 N–H and O–H groups in total. The molecule has 104 valence electrons. The average Bonchev–Trinajstić information content (AvgIpc) is 2.37. The van der Waals surface area contributed by atoms with Gasteiger partial charge in [-0.1, -0.05) is 0 Å². The molecular formula is C12H32N5+. The zero-order valence-corrected chi connectivity index (χ0v) is 11.2. The van der Waals surface area contributed by atoms with Gasteiger partial charge in [0, 0.05) is 25.7 Å². The molecule has 0 atom stereocenters. The van der Waals surface area contributed by atoms with Crippen molar-refractivity contribution in [2.75, 3.05) is 52.4 Å². The Morgan fingerprint density at radius 2 is 0.706 bits per heavy atom. The maximum absolute atomic E-state index is 5.64. The molecule has 0 aliphatic carbocycles. The molecule has 0 rings (SSSR count). The smallest absolute Gasteiger partial charge is 0.0798 e. The molecule has 0 fully saturated rings. The van der Waals surface area contributed by atoms with E-state index in [0.717, 1.165) is 82.5 Å². The van der Waals surface area contributed by atoms with E-state index in [2.05, 4.69) is 0 Å². The van der Waals surface area contributed by atoms with Crippen LogP contribution < -0.4 is 22.9 Å². The fraction of sp³-hybridized carbons (Fsp3) is 1.00. The van der Waals surface area contributed by atoms with Crippen molar-refractivity contribution >= 4 is 0 Å². The third kappa shape index (κ3) is 7.68. The van der Waals surface area contributed by atoms with Crippen molar-refractivity contribution in [3.8, 4) is 0 Å². The Morgan fingerprint density at radius 3 is 0.882 bits per heavy atom. The van der Waals surface area contributed by atoms with Gasteiger partial charge in [0.05, 0.1) is 26.2 Å². The van der Waals surface area contributed by atoms with Crippen molar-refractivity contribution in [2.24, 2.45) is 22.9 Å². The Balaban J connectivity index is 4.39. The van der Waals surface area contributed by atoms with Gasteiger partial charge in [0.1, 0.15) is 0 Å². The normalized spacial score (nSPS) is 12.0. The average molecular weight is 246 g/mol. The Labute approximate surface area is 106 Å². The van der Waals surface area contributed by atoms with Crippen molar-refractivity contribution in [3.63, 3.8) is 0 Å². The van der Waals surface area contributed by atoms with Gasteiger partial charge < -0.3 is 27.4 Å². The molecule has 0 amide bonds. The van der Waals surface area contributed by atoms with Gasteiger partial charge in [-0.25, -0.2) is 0 Å². The first kappa shape index (κ1) is 16.8. The number of quaternary nitrogens is 1. The number of hydrogen-bond donors (Lipinski definition) is 4. The van der Waals surface area contributed by atoms with Crippen molar-refractivity contribution in [2.45, 2.75) is 25.7 Å². The van der Waals surface area contributed by atoms with E-state index in [-0.39, 0.29) is 0 Å². The minimum absolute atomic E-state index is 0.758. The van der Waals surface area contributed by atoms with Crippen LogP contribution >= 0.6 is 0 Å². The largest absolute Gasteiger partial charge is 0.330 e. The summed E-state index contributed by atoms with van der Waals surface area (Å²) in [5.74, 6) is 0. The first-order valence-corrected chi connectivity index (χ1v) is 6.90. The summed E-state index contributed by atoms with van der Waals surface area (Å²) in [6.45, 7) is 7.57. The van der Waals surface area contributed by atoms with Crippen LogP contribution in [0, 0.1) is 0 Å². The predicted octanol–water partition coefficient (Wildman–Crippen LogP) is -0.802. The first-order valence-electron chi connectivity index (χ1n) is 6.90. The second-order valence-electron chi connectivity index (χ2n) is 4.80. The van der Waals surface area contributed by atoms with Gasteiger partial charge in [-0.2, -0.15) is 0 Å². The lowest BCUT2D eigenvalue weighted by atomic mass is 10.2. The Hall–Kier alpha value is -0.200. The lowest BCUT2D eigenvalue weighted by Gasteiger charge is -2.39. The zero-order valence-electron chi connectivity index (χ0n) is 11.2. The highest BCUT2D eigenvalue weighted by Crippen LogP contribution is 2.12. The summed E-state index contributed by atoms with van der Waals surface area (Å²) in [4.78, 5) is 0. The second-order valence-corrected chi connectivity index (χ2v) is 4.80. The fourth-order valence-electron chi connectivity index (χ4n) is 2.38. The van der Waals surface area contributed by atoms with E-state index < -0.39 is 0 Å². The Bertz CT molecular complexity index is 125. The number of rotatable bonds is 12. The van der Waals surface area contributed by atoms with Gasteiger partial charge in [-0.3, -0.25) is 0 Å². The highest BCUT2D eigenvalue weighted by Gasteiger charge is 2.24. The summed E-state index contributed by atoms with van der Waals surface area (Å²) in [6.07, 6.45) is 4.28. The van der Waals surface area contributed by atoms with Crippen LogP contribution in [0.4, 0.5) is 0 Å². The quantitative estimate of drug-likeness (QED) is 0.338. The van der Waals surface area contributed by atoms with Crippen molar-refractivity contribution in [1.82, 2.24) is 0 Å². The SMILES string of the molecule is NCCC[N+](CCCN)(CCCN)CCCN. The molecule has 0 heterocycles. The molecule has 0 aliphatic rings. The summed E-state index contributed by atoms with van der Waals surface area (Å²) in [5.41, 5.74) is 22.6. The third-order valence-electron chi connectivity index (χ3n) is 3.35. The molecule has 0 aromatic heterocycles. The molecule has 0 unspecified atom stereocenters. The molecule has 0 aromatic carbocycles. The minimum atomic E-state index is 0.758. The van der Waals surface area contributed by atoms with E-state index in [9.17, 15) is 0 Å². The minimum Gasteiger partial charge on any atom is -0.330 e. The molecule has 0 aromatic rings. The maximum atomic E-state index is 5.64. The van der Waals surface area contributed by atoms with E-state index >= 15 is 0 Å². The van der Waals surface area contributed by atoms with E-state index in [0.29, 0.717) is 0 Å². The van der Waals surface area contributed by atoms with E-state index in [1.165, 1.54) is 0 Å². The monoisotopic (exact) mass is 246 g/mol. The summed E-state index contributed by atoms with van der Waals surface area (Å²) < 4.78 is 1.10. The van der Waals surface area contributed by atoms with Gasteiger partial charge >= 0.3 is 0 Å². The van der Waals surface area contributed by atoms with E-state index in [1.54, 1.807) is 0 Å². The Kier molecular flexibility index (Phi) is 10.8. The topological polar surface area (TPSA) is 104 Å². The molecule has 5 heteroatoms. The number of nitrogens with zero attached hydrogens (tertiary/aromatic N) is 1. The van der Waals surface area contributed by atoms with Crippen molar-refractivity contribution < 1.29 is 4.48 Å². The van der Waals surface area contributed by atoms with E-state index in [1.807, 2.05) is 0 Å². The molecule has 0 spiro atoms. The summed E-state index contributed by atoms with van der Waals surface area (Å²) in [5, 5.41) is 0. The Morgan fingerprint density at radius 1 is 0.471 bits per heavy atom. The summed E-state index contributed by atoms with van der Waals surface area (Å²) >= 11 is 0. The molecule has 0 saturated carbocycles. The van der Waals surface area contributed by atoms with Gasteiger partial charge in [0.2, 0.25) is 0 Å². The van der Waals surface area contributed by atoms with Gasteiger partial charge in [-0.15, -0.1) is 0 Å². The summed E-state index contributed by atoms with van der Waals surface area (Å²) in [7, 11) is 0. The molecule has 0 bridgehead atoms. The fourth-order valence-corrected chi connectivity index (χ4v) is 2.38. The van der Waals surface area contributed by atoms with Crippen LogP contribution in [-0.2, 0) is 0 Å². The van der Waals surface area contributed by atoms with Crippen LogP contribution in [0.3, 0.4) is 0 Å². The van der Waals surface area contributed by atoms with Gasteiger partial charge in [0.25, 0.3) is 0 Å². The second kappa shape index (κ2) is 10.9. The van der Waals surface area contributed by atoms with Crippen LogP contribution in [0.2, 0.25) is 0 Å². The van der Waals surface area contributed by atoms with E-state index in [4.69, 9.17) is 22.9 Å². The van der Waals surface area contributed by atoms with Crippen LogP contribution in [-0.4, -0.2) is 56.8 Å².